The van der Waals surface area contributed by atoms with Crippen LogP contribution in [0.25, 0.3) is 0 Å². The molecule has 0 bridgehead atoms. The van der Waals surface area contributed by atoms with E-state index in [-0.39, 0.29) is 6.04 Å². The van der Waals surface area contributed by atoms with E-state index in [2.05, 4.69) is 11.9 Å². The van der Waals surface area contributed by atoms with Crippen molar-refractivity contribution in [3.05, 3.63) is 42.5 Å². The highest BCUT2D eigenvalue weighted by molar-refractivity contribution is 5.65. The number of amides is 1. The van der Waals surface area contributed by atoms with Gasteiger partial charge in [-0.15, -0.1) is 0 Å². The quantitative estimate of drug-likeness (QED) is 0.767. The number of hydrogen-bond acceptors (Lipinski definition) is 2. The Hall–Kier alpha value is -1.97. The maximum Gasteiger partial charge on any atom is 0.404 e. The Morgan fingerprint density at radius 1 is 1.53 bits per heavy atom. The molecule has 0 aromatic heterocycles. The molecule has 1 saturated carbocycles. The van der Waals surface area contributed by atoms with E-state index in [9.17, 15) is 4.79 Å². The van der Waals surface area contributed by atoms with Crippen LogP contribution in [0.2, 0.25) is 0 Å². The topological polar surface area (TPSA) is 58.6 Å². The first kappa shape index (κ1) is 11.5. The van der Waals surface area contributed by atoms with Crippen molar-refractivity contribution < 1.29 is 14.6 Å². The van der Waals surface area contributed by atoms with Crippen LogP contribution < -0.4 is 10.1 Å². The lowest BCUT2D eigenvalue weighted by Crippen LogP contribution is -2.24. The van der Waals surface area contributed by atoms with Crippen LogP contribution in [0.4, 0.5) is 4.79 Å². The Morgan fingerprint density at radius 3 is 2.82 bits per heavy atom. The van der Waals surface area contributed by atoms with Crippen molar-refractivity contribution in [2.24, 2.45) is 0 Å². The summed E-state index contributed by atoms with van der Waals surface area (Å²) in [5.41, 5.74) is 1.15. The third kappa shape index (κ3) is 3.00. The molecule has 2 atom stereocenters. The summed E-state index contributed by atoms with van der Waals surface area (Å²) in [4.78, 5) is 10.5. The van der Waals surface area contributed by atoms with Gasteiger partial charge in [-0.3, -0.25) is 0 Å². The molecule has 1 aliphatic rings. The molecular weight excluding hydrogens is 218 g/mol. The summed E-state index contributed by atoms with van der Waals surface area (Å²) in [5, 5.41) is 11.1. The summed E-state index contributed by atoms with van der Waals surface area (Å²) in [6.07, 6.45) is 1.62. The predicted molar refractivity (Wildman–Crippen MR) is 64.4 cm³/mol. The number of benzene rings is 1. The van der Waals surface area contributed by atoms with Gasteiger partial charge in [-0.2, -0.15) is 0 Å². The van der Waals surface area contributed by atoms with Crippen molar-refractivity contribution in [1.82, 2.24) is 5.32 Å². The molecule has 1 aliphatic carbocycles. The monoisotopic (exact) mass is 233 g/mol. The first-order valence-corrected chi connectivity index (χ1v) is 5.54. The van der Waals surface area contributed by atoms with E-state index in [0.717, 1.165) is 17.7 Å². The van der Waals surface area contributed by atoms with Gasteiger partial charge in [-0.1, -0.05) is 24.8 Å². The molecule has 0 heterocycles. The van der Waals surface area contributed by atoms with Gasteiger partial charge in [0.1, 0.15) is 12.4 Å². The molecule has 0 saturated heterocycles. The van der Waals surface area contributed by atoms with Gasteiger partial charge < -0.3 is 15.2 Å². The van der Waals surface area contributed by atoms with Crippen molar-refractivity contribution in [3.8, 4) is 5.75 Å². The maximum atomic E-state index is 10.5. The highest BCUT2D eigenvalue weighted by atomic mass is 16.5. The summed E-state index contributed by atoms with van der Waals surface area (Å²) in [7, 11) is 0. The number of carbonyl (C=O) groups is 1. The van der Waals surface area contributed by atoms with Crippen molar-refractivity contribution >= 4 is 6.09 Å². The van der Waals surface area contributed by atoms with Gasteiger partial charge in [0.25, 0.3) is 0 Å². The average Bonchev–Trinajstić information content (AvgIpc) is 3.05. The third-order valence-corrected chi connectivity index (χ3v) is 2.78. The molecule has 17 heavy (non-hydrogen) atoms. The van der Waals surface area contributed by atoms with E-state index < -0.39 is 6.09 Å². The molecule has 4 nitrogen and oxygen atoms in total. The third-order valence-electron chi connectivity index (χ3n) is 2.78. The second-order valence-electron chi connectivity index (χ2n) is 4.07. The molecule has 2 N–H and O–H groups in total. The zero-order chi connectivity index (χ0) is 12.3. The minimum atomic E-state index is -0.955. The van der Waals surface area contributed by atoms with Crippen LogP contribution in [0.3, 0.4) is 0 Å². The predicted octanol–water partition coefficient (Wildman–Crippen LogP) is 2.37. The molecule has 1 fully saturated rings. The zero-order valence-electron chi connectivity index (χ0n) is 9.43. The summed E-state index contributed by atoms with van der Waals surface area (Å²) < 4.78 is 5.37. The van der Waals surface area contributed by atoms with Crippen molar-refractivity contribution in [1.29, 1.82) is 0 Å². The number of nitrogens with one attached hydrogen (secondary N) is 1. The van der Waals surface area contributed by atoms with Crippen molar-refractivity contribution in [2.75, 3.05) is 6.61 Å². The fourth-order valence-electron chi connectivity index (χ4n) is 1.85. The maximum absolute atomic E-state index is 10.5. The molecule has 0 spiro atoms. The Balaban J connectivity index is 1.91. The Bertz CT molecular complexity index is 413. The van der Waals surface area contributed by atoms with E-state index >= 15 is 0 Å². The smallest absolute Gasteiger partial charge is 0.404 e. The lowest BCUT2D eigenvalue weighted by Gasteiger charge is -2.05. The molecule has 1 amide bonds. The minimum absolute atomic E-state index is 0.0624. The standard InChI is InChI=1S/C13H15NO3/c1-2-7-17-10-5-3-9(4-6-10)11-8-12(11)14-13(15)16/h2-6,11-12,14H,1,7-8H2,(H,15,16). The second-order valence-corrected chi connectivity index (χ2v) is 4.07. The molecular formula is C13H15NO3. The van der Waals surface area contributed by atoms with E-state index in [4.69, 9.17) is 9.84 Å². The van der Waals surface area contributed by atoms with Gasteiger partial charge in [0.15, 0.2) is 0 Å². The van der Waals surface area contributed by atoms with E-state index in [1.807, 2.05) is 24.3 Å². The van der Waals surface area contributed by atoms with E-state index in [1.165, 1.54) is 0 Å². The van der Waals surface area contributed by atoms with Crippen LogP contribution >= 0.6 is 0 Å². The Labute approximate surface area is 99.9 Å². The van der Waals surface area contributed by atoms with Crippen LogP contribution in [-0.2, 0) is 0 Å². The fraction of sp³-hybridized carbons (Fsp3) is 0.308. The van der Waals surface area contributed by atoms with Gasteiger partial charge in [0, 0.05) is 12.0 Å². The molecule has 2 unspecified atom stereocenters. The first-order valence-electron chi connectivity index (χ1n) is 5.54. The van der Waals surface area contributed by atoms with E-state index in [0.29, 0.717) is 12.5 Å². The Morgan fingerprint density at radius 2 is 2.24 bits per heavy atom. The summed E-state index contributed by atoms with van der Waals surface area (Å²) in [6.45, 7) is 4.07. The molecule has 1 aromatic rings. The molecule has 90 valence electrons. The van der Waals surface area contributed by atoms with Gasteiger partial charge in [-0.25, -0.2) is 4.79 Å². The first-order chi connectivity index (χ1) is 8.20. The largest absolute Gasteiger partial charge is 0.490 e. The van der Waals surface area contributed by atoms with Gasteiger partial charge >= 0.3 is 6.09 Å². The summed E-state index contributed by atoms with van der Waals surface area (Å²) in [6, 6.07) is 7.82. The lowest BCUT2D eigenvalue weighted by molar-refractivity contribution is 0.193. The highest BCUT2D eigenvalue weighted by Gasteiger charge is 2.39. The van der Waals surface area contributed by atoms with Crippen LogP contribution in [-0.4, -0.2) is 23.8 Å². The number of ether oxygens (including phenoxy) is 1. The molecule has 4 heteroatoms. The van der Waals surface area contributed by atoms with Crippen molar-refractivity contribution in [3.63, 3.8) is 0 Å². The summed E-state index contributed by atoms with van der Waals surface area (Å²) in [5.74, 6) is 1.11. The van der Waals surface area contributed by atoms with Gasteiger partial charge in [-0.05, 0) is 24.1 Å². The molecule has 0 radical (unpaired) electrons. The second kappa shape index (κ2) is 4.91. The van der Waals surface area contributed by atoms with Crippen LogP contribution in [0.15, 0.2) is 36.9 Å². The SMILES string of the molecule is C=CCOc1ccc(C2CC2NC(=O)O)cc1. The number of carboxylic acid groups (broad SMARTS) is 1. The number of hydrogen-bond donors (Lipinski definition) is 2. The lowest BCUT2D eigenvalue weighted by atomic mass is 10.1. The van der Waals surface area contributed by atoms with Crippen LogP contribution in [0, 0.1) is 0 Å². The average molecular weight is 233 g/mol. The van der Waals surface area contributed by atoms with Crippen LogP contribution in [0.5, 0.6) is 5.75 Å². The molecule has 2 rings (SSSR count). The van der Waals surface area contributed by atoms with E-state index in [1.54, 1.807) is 6.08 Å². The zero-order valence-corrected chi connectivity index (χ0v) is 9.43. The normalized spacial score (nSPS) is 21.6. The highest BCUT2D eigenvalue weighted by Crippen LogP contribution is 2.41. The number of rotatable bonds is 5. The fourth-order valence-corrected chi connectivity index (χ4v) is 1.85. The summed E-state index contributed by atoms with van der Waals surface area (Å²) >= 11 is 0. The van der Waals surface area contributed by atoms with Crippen molar-refractivity contribution in [2.45, 2.75) is 18.4 Å². The molecule has 0 aliphatic heterocycles. The van der Waals surface area contributed by atoms with Crippen LogP contribution in [0.1, 0.15) is 17.9 Å². The van der Waals surface area contributed by atoms with Gasteiger partial charge in [0.2, 0.25) is 0 Å². The molecule has 1 aromatic carbocycles. The van der Waals surface area contributed by atoms with Gasteiger partial charge in [0.05, 0.1) is 0 Å². The Kier molecular flexibility index (Phi) is 3.32. The minimum Gasteiger partial charge on any atom is -0.490 e.